The number of aryl methyl sites for hydroxylation is 1. The quantitative estimate of drug-likeness (QED) is 0.640. The lowest BCUT2D eigenvalue weighted by molar-refractivity contribution is 0.969. The number of benzene rings is 1. The van der Waals surface area contributed by atoms with Gasteiger partial charge in [-0.3, -0.25) is 4.79 Å². The number of nitrogens with one attached hydrogen (secondary N) is 2. The van der Waals surface area contributed by atoms with Crippen LogP contribution in [0.25, 0.3) is 10.9 Å². The van der Waals surface area contributed by atoms with E-state index >= 15 is 0 Å². The highest BCUT2D eigenvalue weighted by molar-refractivity contribution is 7.09. The summed E-state index contributed by atoms with van der Waals surface area (Å²) in [5.74, 6) is 0. The van der Waals surface area contributed by atoms with Gasteiger partial charge in [-0.25, -0.2) is 9.97 Å². The molecule has 6 nitrogen and oxygen atoms in total. The van der Waals surface area contributed by atoms with Crippen LogP contribution in [0, 0.1) is 6.92 Å². The monoisotopic (exact) mass is 301 g/mol. The molecule has 2 heterocycles. The van der Waals surface area contributed by atoms with Gasteiger partial charge in [-0.05, 0) is 19.1 Å². The maximum absolute atomic E-state index is 11.7. The zero-order valence-corrected chi connectivity index (χ0v) is 12.3. The van der Waals surface area contributed by atoms with E-state index in [9.17, 15) is 4.79 Å². The zero-order valence-electron chi connectivity index (χ0n) is 11.5. The second-order valence-electron chi connectivity index (χ2n) is 4.72. The Balaban J connectivity index is 1.77. The summed E-state index contributed by atoms with van der Waals surface area (Å²) in [6.45, 7) is 2.72. The molecule has 0 amide bonds. The fourth-order valence-electron chi connectivity index (χ4n) is 2.13. The summed E-state index contributed by atoms with van der Waals surface area (Å²) in [6.07, 6.45) is 2.22. The molecular weight excluding hydrogens is 286 g/mol. The van der Waals surface area contributed by atoms with Crippen molar-refractivity contribution in [2.24, 2.45) is 0 Å². The average Bonchev–Trinajstić information content (AvgIpc) is 2.86. The molecule has 0 spiro atoms. The Morgan fingerprint density at radius 1 is 1.43 bits per heavy atom. The van der Waals surface area contributed by atoms with Crippen LogP contribution in [0.1, 0.15) is 10.7 Å². The molecule has 1 aromatic carbocycles. The second-order valence-corrected chi connectivity index (χ2v) is 5.79. The summed E-state index contributed by atoms with van der Waals surface area (Å²) in [5.41, 5.74) is 8.81. The van der Waals surface area contributed by atoms with Gasteiger partial charge >= 0.3 is 0 Å². The van der Waals surface area contributed by atoms with Crippen molar-refractivity contribution in [2.45, 2.75) is 13.3 Å². The van der Waals surface area contributed by atoms with Crippen LogP contribution in [0.4, 0.5) is 11.4 Å². The maximum atomic E-state index is 11.7. The lowest BCUT2D eigenvalue weighted by atomic mass is 10.2. The summed E-state index contributed by atoms with van der Waals surface area (Å²) >= 11 is 1.65. The first-order chi connectivity index (χ1) is 10.1. The largest absolute Gasteiger partial charge is 0.397 e. The van der Waals surface area contributed by atoms with Crippen LogP contribution in [-0.4, -0.2) is 21.5 Å². The molecule has 0 saturated heterocycles. The Morgan fingerprint density at radius 2 is 2.29 bits per heavy atom. The van der Waals surface area contributed by atoms with Gasteiger partial charge in [0, 0.05) is 18.3 Å². The van der Waals surface area contributed by atoms with Gasteiger partial charge in [-0.2, -0.15) is 0 Å². The van der Waals surface area contributed by atoms with Crippen LogP contribution in [0.2, 0.25) is 0 Å². The number of hydrogen-bond donors (Lipinski definition) is 3. The van der Waals surface area contributed by atoms with Crippen molar-refractivity contribution in [2.75, 3.05) is 17.6 Å². The number of aromatic nitrogens is 3. The minimum absolute atomic E-state index is 0.184. The van der Waals surface area contributed by atoms with Crippen molar-refractivity contribution in [3.63, 3.8) is 0 Å². The van der Waals surface area contributed by atoms with Gasteiger partial charge in [-0.1, -0.05) is 0 Å². The molecule has 2 aromatic heterocycles. The fraction of sp³-hybridized carbons (Fsp3) is 0.214. The zero-order chi connectivity index (χ0) is 14.8. The van der Waals surface area contributed by atoms with Gasteiger partial charge in [0.1, 0.15) is 0 Å². The van der Waals surface area contributed by atoms with E-state index < -0.39 is 0 Å². The highest BCUT2D eigenvalue weighted by Gasteiger charge is 2.06. The van der Waals surface area contributed by atoms with Crippen LogP contribution in [0.15, 0.2) is 28.6 Å². The summed E-state index contributed by atoms with van der Waals surface area (Å²) in [7, 11) is 0. The molecule has 0 aliphatic rings. The molecule has 0 saturated carbocycles. The first-order valence-corrected chi connectivity index (χ1v) is 7.43. The van der Waals surface area contributed by atoms with Gasteiger partial charge in [-0.15, -0.1) is 11.3 Å². The number of aromatic amines is 1. The molecule has 108 valence electrons. The van der Waals surface area contributed by atoms with E-state index in [0.29, 0.717) is 16.6 Å². The number of hydrogen-bond acceptors (Lipinski definition) is 6. The fourth-order valence-corrected chi connectivity index (χ4v) is 2.78. The predicted molar refractivity (Wildman–Crippen MR) is 85.8 cm³/mol. The molecule has 3 aromatic rings. The van der Waals surface area contributed by atoms with Crippen molar-refractivity contribution in [3.8, 4) is 0 Å². The van der Waals surface area contributed by atoms with E-state index in [1.807, 2.05) is 6.92 Å². The summed E-state index contributed by atoms with van der Waals surface area (Å²) in [6, 6.07) is 3.45. The molecule has 3 rings (SSSR count). The molecule has 7 heteroatoms. The minimum Gasteiger partial charge on any atom is -0.397 e. The van der Waals surface area contributed by atoms with Gasteiger partial charge in [0.15, 0.2) is 0 Å². The van der Waals surface area contributed by atoms with Crippen molar-refractivity contribution in [3.05, 3.63) is 44.9 Å². The molecule has 0 atom stereocenters. The Labute approximate surface area is 125 Å². The van der Waals surface area contributed by atoms with Crippen molar-refractivity contribution >= 4 is 33.6 Å². The molecule has 0 aliphatic carbocycles. The Bertz CT molecular complexity index is 839. The number of nitrogen functional groups attached to an aromatic ring is 1. The molecule has 0 aliphatic heterocycles. The Kier molecular flexibility index (Phi) is 3.57. The van der Waals surface area contributed by atoms with E-state index in [-0.39, 0.29) is 5.56 Å². The maximum Gasteiger partial charge on any atom is 0.258 e. The number of thiazole rings is 1. The van der Waals surface area contributed by atoms with Crippen molar-refractivity contribution in [1.29, 1.82) is 0 Å². The Hall–Kier alpha value is -2.41. The first-order valence-electron chi connectivity index (χ1n) is 6.55. The lowest BCUT2D eigenvalue weighted by Gasteiger charge is -2.09. The Morgan fingerprint density at radius 3 is 3.05 bits per heavy atom. The highest BCUT2D eigenvalue weighted by atomic mass is 32.1. The highest BCUT2D eigenvalue weighted by Crippen LogP contribution is 2.22. The molecular formula is C14H15N5OS. The number of nitrogens with two attached hydrogens (primary N) is 1. The van der Waals surface area contributed by atoms with Crippen molar-refractivity contribution in [1.82, 2.24) is 15.0 Å². The van der Waals surface area contributed by atoms with E-state index in [1.165, 1.54) is 6.33 Å². The van der Waals surface area contributed by atoms with E-state index in [0.717, 1.165) is 29.4 Å². The standard InChI is InChI=1S/C14H15N5OS/c1-8-19-9(6-21-8)2-3-16-13-5-12-10(4-11(13)15)14(20)18-7-17-12/h4-7,16H,2-3,15H2,1H3,(H,17,18,20). The summed E-state index contributed by atoms with van der Waals surface area (Å²) in [4.78, 5) is 22.8. The van der Waals surface area contributed by atoms with E-state index in [1.54, 1.807) is 23.5 Å². The van der Waals surface area contributed by atoms with E-state index in [2.05, 4.69) is 25.6 Å². The van der Waals surface area contributed by atoms with E-state index in [4.69, 9.17) is 5.73 Å². The summed E-state index contributed by atoms with van der Waals surface area (Å²) < 4.78 is 0. The number of nitrogens with zero attached hydrogens (tertiary/aromatic N) is 2. The minimum atomic E-state index is -0.184. The summed E-state index contributed by atoms with van der Waals surface area (Å²) in [5, 5.41) is 6.89. The third-order valence-corrected chi connectivity index (χ3v) is 4.00. The normalized spacial score (nSPS) is 10.9. The van der Waals surface area contributed by atoms with Crippen LogP contribution >= 0.6 is 11.3 Å². The van der Waals surface area contributed by atoms with Crippen molar-refractivity contribution < 1.29 is 0 Å². The average molecular weight is 301 g/mol. The number of anilines is 2. The molecule has 0 unspecified atom stereocenters. The van der Waals surface area contributed by atoms with Gasteiger partial charge in [0.2, 0.25) is 0 Å². The molecule has 21 heavy (non-hydrogen) atoms. The van der Waals surface area contributed by atoms with Crippen LogP contribution < -0.4 is 16.6 Å². The van der Waals surface area contributed by atoms with Gasteiger partial charge < -0.3 is 16.0 Å². The topological polar surface area (TPSA) is 96.7 Å². The molecule has 0 bridgehead atoms. The number of fused-ring (bicyclic) bond motifs is 1. The lowest BCUT2D eigenvalue weighted by Crippen LogP contribution is -2.10. The number of rotatable bonds is 4. The smallest absolute Gasteiger partial charge is 0.258 e. The van der Waals surface area contributed by atoms with Gasteiger partial charge in [0.05, 0.1) is 39.3 Å². The third kappa shape index (κ3) is 2.87. The predicted octanol–water partition coefficient (Wildman–Crippen LogP) is 1.92. The van der Waals surface area contributed by atoms with Gasteiger partial charge in [0.25, 0.3) is 5.56 Å². The number of H-pyrrole nitrogens is 1. The second kappa shape index (κ2) is 5.53. The SMILES string of the molecule is Cc1nc(CCNc2cc3nc[nH]c(=O)c3cc2N)cs1. The molecule has 4 N–H and O–H groups in total. The first kappa shape index (κ1) is 13.6. The van der Waals surface area contributed by atoms with Crippen LogP contribution in [0.3, 0.4) is 0 Å². The van der Waals surface area contributed by atoms with Crippen LogP contribution in [-0.2, 0) is 6.42 Å². The third-order valence-electron chi connectivity index (χ3n) is 3.17. The molecule has 0 fully saturated rings. The molecule has 0 radical (unpaired) electrons. The van der Waals surface area contributed by atoms with Crippen LogP contribution in [0.5, 0.6) is 0 Å².